The average Bonchev–Trinajstić information content (AvgIpc) is 2.38. The van der Waals surface area contributed by atoms with Gasteiger partial charge in [-0.3, -0.25) is 4.79 Å². The third-order valence-electron chi connectivity index (χ3n) is 2.47. The summed E-state index contributed by atoms with van der Waals surface area (Å²) in [5.74, 6) is -0.0644. The third kappa shape index (κ3) is 3.68. The summed E-state index contributed by atoms with van der Waals surface area (Å²) in [5.41, 5.74) is 1.74. The molecule has 2 aromatic carbocycles. The maximum Gasteiger partial charge on any atom is 0.251 e. The van der Waals surface area contributed by atoms with Crippen LogP contribution in [0.2, 0.25) is 0 Å². The molecule has 0 aliphatic rings. The van der Waals surface area contributed by atoms with Gasteiger partial charge in [-0.15, -0.1) is 0 Å². The van der Waals surface area contributed by atoms with Crippen LogP contribution in [0.1, 0.15) is 15.9 Å². The molecule has 0 radical (unpaired) electrons. The first kappa shape index (κ1) is 13.3. The number of carbonyl (C=O) groups excluding carboxylic acids is 1. The first-order valence-electron chi connectivity index (χ1n) is 5.43. The summed E-state index contributed by atoms with van der Waals surface area (Å²) in [7, 11) is 0. The first-order valence-corrected chi connectivity index (χ1v) is 7.02. The van der Waals surface area contributed by atoms with E-state index in [0.717, 1.165) is 14.5 Å². The Labute approximate surface area is 123 Å². The molecule has 2 nitrogen and oxygen atoms in total. The Bertz CT molecular complexity index is 535. The fraction of sp³-hybridized carbons (Fsp3) is 0.0714. The van der Waals surface area contributed by atoms with Crippen molar-refractivity contribution in [2.45, 2.75) is 6.54 Å². The van der Waals surface area contributed by atoms with Gasteiger partial charge < -0.3 is 5.32 Å². The van der Waals surface area contributed by atoms with Gasteiger partial charge in [0, 0.05) is 21.1 Å². The van der Waals surface area contributed by atoms with Crippen molar-refractivity contribution in [2.24, 2.45) is 0 Å². The lowest BCUT2D eigenvalue weighted by molar-refractivity contribution is 0.0951. The summed E-state index contributed by atoms with van der Waals surface area (Å²) in [4.78, 5) is 11.9. The molecule has 2 rings (SSSR count). The Morgan fingerprint density at radius 1 is 0.889 bits per heavy atom. The summed E-state index contributed by atoms with van der Waals surface area (Å²) in [6.45, 7) is 0.530. The molecule has 92 valence electrons. The lowest BCUT2D eigenvalue weighted by atomic mass is 10.2. The number of halogens is 2. The molecule has 0 aromatic heterocycles. The lowest BCUT2D eigenvalue weighted by Crippen LogP contribution is -2.22. The Morgan fingerprint density at radius 3 is 1.94 bits per heavy atom. The van der Waals surface area contributed by atoms with Gasteiger partial charge in [-0.2, -0.15) is 0 Å². The van der Waals surface area contributed by atoms with Crippen LogP contribution < -0.4 is 5.32 Å². The van der Waals surface area contributed by atoms with Crippen LogP contribution in [-0.4, -0.2) is 5.91 Å². The van der Waals surface area contributed by atoms with E-state index in [-0.39, 0.29) is 5.91 Å². The molecule has 1 amide bonds. The average molecular weight is 369 g/mol. The molecule has 4 heteroatoms. The zero-order chi connectivity index (χ0) is 13.0. The van der Waals surface area contributed by atoms with Crippen molar-refractivity contribution in [3.05, 3.63) is 68.6 Å². The smallest absolute Gasteiger partial charge is 0.251 e. The van der Waals surface area contributed by atoms with Crippen LogP contribution in [0.15, 0.2) is 57.5 Å². The fourth-order valence-electron chi connectivity index (χ4n) is 1.49. The topological polar surface area (TPSA) is 29.1 Å². The monoisotopic (exact) mass is 367 g/mol. The Balaban J connectivity index is 1.96. The highest BCUT2D eigenvalue weighted by Gasteiger charge is 2.04. The van der Waals surface area contributed by atoms with Gasteiger partial charge in [0.2, 0.25) is 0 Å². The molecular formula is C14H11Br2NO. The predicted octanol–water partition coefficient (Wildman–Crippen LogP) is 4.14. The predicted molar refractivity (Wildman–Crippen MR) is 79.5 cm³/mol. The standard InChI is InChI=1S/C14H11Br2NO/c15-12-5-1-10(2-6-12)9-17-14(18)11-3-7-13(16)8-4-11/h1-8H,9H2,(H,17,18). The molecule has 0 aliphatic heterocycles. The Kier molecular flexibility index (Phi) is 4.55. The van der Waals surface area contributed by atoms with Crippen molar-refractivity contribution in [3.63, 3.8) is 0 Å². The van der Waals surface area contributed by atoms with Gasteiger partial charge in [0.05, 0.1) is 0 Å². The van der Waals surface area contributed by atoms with Gasteiger partial charge >= 0.3 is 0 Å². The second kappa shape index (κ2) is 6.16. The number of rotatable bonds is 3. The molecule has 0 saturated carbocycles. The van der Waals surface area contributed by atoms with Gasteiger partial charge in [0.25, 0.3) is 5.91 Å². The molecular weight excluding hydrogens is 358 g/mol. The fourth-order valence-corrected chi connectivity index (χ4v) is 2.02. The quantitative estimate of drug-likeness (QED) is 0.866. The van der Waals surface area contributed by atoms with Crippen LogP contribution in [0, 0.1) is 0 Å². The summed E-state index contributed by atoms with van der Waals surface area (Å²) in [5, 5.41) is 2.88. The SMILES string of the molecule is O=C(NCc1ccc(Br)cc1)c1ccc(Br)cc1. The van der Waals surface area contributed by atoms with E-state index >= 15 is 0 Å². The third-order valence-corrected chi connectivity index (χ3v) is 3.53. The molecule has 0 spiro atoms. The van der Waals surface area contributed by atoms with Crippen LogP contribution >= 0.6 is 31.9 Å². The van der Waals surface area contributed by atoms with Gasteiger partial charge in [-0.1, -0.05) is 44.0 Å². The number of carbonyl (C=O) groups is 1. The maximum atomic E-state index is 11.9. The Hall–Kier alpha value is -1.13. The van der Waals surface area contributed by atoms with Gasteiger partial charge in [0.1, 0.15) is 0 Å². The minimum absolute atomic E-state index is 0.0644. The number of hydrogen-bond acceptors (Lipinski definition) is 1. The number of amides is 1. The van der Waals surface area contributed by atoms with Crippen molar-refractivity contribution in [1.82, 2.24) is 5.32 Å². The highest BCUT2D eigenvalue weighted by atomic mass is 79.9. The van der Waals surface area contributed by atoms with E-state index in [9.17, 15) is 4.79 Å². The second-order valence-corrected chi connectivity index (χ2v) is 5.65. The second-order valence-electron chi connectivity index (χ2n) is 3.82. The van der Waals surface area contributed by atoms with E-state index in [0.29, 0.717) is 12.1 Å². The zero-order valence-corrected chi connectivity index (χ0v) is 12.7. The number of benzene rings is 2. The minimum atomic E-state index is -0.0644. The van der Waals surface area contributed by atoms with Gasteiger partial charge in [-0.05, 0) is 42.0 Å². The molecule has 0 aliphatic carbocycles. The van der Waals surface area contributed by atoms with E-state index in [1.807, 2.05) is 36.4 Å². The molecule has 0 saturated heterocycles. The Morgan fingerprint density at radius 2 is 1.39 bits per heavy atom. The molecule has 0 unspecified atom stereocenters. The molecule has 0 atom stereocenters. The maximum absolute atomic E-state index is 11.9. The summed E-state index contributed by atoms with van der Waals surface area (Å²) < 4.78 is 2.00. The van der Waals surface area contributed by atoms with Gasteiger partial charge in [-0.25, -0.2) is 0 Å². The molecule has 18 heavy (non-hydrogen) atoms. The van der Waals surface area contributed by atoms with E-state index in [2.05, 4.69) is 37.2 Å². The lowest BCUT2D eigenvalue weighted by Gasteiger charge is -2.05. The van der Waals surface area contributed by atoms with E-state index in [1.165, 1.54) is 0 Å². The van der Waals surface area contributed by atoms with Crippen LogP contribution in [-0.2, 0) is 6.54 Å². The molecule has 2 aromatic rings. The first-order chi connectivity index (χ1) is 8.65. The summed E-state index contributed by atoms with van der Waals surface area (Å²) >= 11 is 6.72. The van der Waals surface area contributed by atoms with Crippen molar-refractivity contribution in [1.29, 1.82) is 0 Å². The van der Waals surface area contributed by atoms with Crippen molar-refractivity contribution >= 4 is 37.8 Å². The van der Waals surface area contributed by atoms with Crippen molar-refractivity contribution in [2.75, 3.05) is 0 Å². The number of hydrogen-bond donors (Lipinski definition) is 1. The van der Waals surface area contributed by atoms with Crippen LogP contribution in [0.3, 0.4) is 0 Å². The molecule has 0 fully saturated rings. The van der Waals surface area contributed by atoms with E-state index in [1.54, 1.807) is 12.1 Å². The number of nitrogens with one attached hydrogen (secondary N) is 1. The van der Waals surface area contributed by atoms with Crippen LogP contribution in [0.4, 0.5) is 0 Å². The van der Waals surface area contributed by atoms with Gasteiger partial charge in [0.15, 0.2) is 0 Å². The van der Waals surface area contributed by atoms with Crippen LogP contribution in [0.25, 0.3) is 0 Å². The van der Waals surface area contributed by atoms with Crippen LogP contribution in [0.5, 0.6) is 0 Å². The molecule has 0 heterocycles. The molecule has 1 N–H and O–H groups in total. The minimum Gasteiger partial charge on any atom is -0.348 e. The zero-order valence-electron chi connectivity index (χ0n) is 9.49. The molecule has 0 bridgehead atoms. The highest BCUT2D eigenvalue weighted by molar-refractivity contribution is 9.10. The van der Waals surface area contributed by atoms with E-state index < -0.39 is 0 Å². The summed E-state index contributed by atoms with van der Waals surface area (Å²) in [6, 6.07) is 15.2. The van der Waals surface area contributed by atoms with Crippen molar-refractivity contribution < 1.29 is 4.79 Å². The normalized spacial score (nSPS) is 10.1. The van der Waals surface area contributed by atoms with E-state index in [4.69, 9.17) is 0 Å². The highest BCUT2D eigenvalue weighted by Crippen LogP contribution is 2.12. The largest absolute Gasteiger partial charge is 0.348 e. The summed E-state index contributed by atoms with van der Waals surface area (Å²) in [6.07, 6.45) is 0. The van der Waals surface area contributed by atoms with Crippen molar-refractivity contribution in [3.8, 4) is 0 Å².